The first-order valence-electron chi connectivity index (χ1n) is 8.93. The van der Waals surface area contributed by atoms with Crippen molar-refractivity contribution in [3.8, 4) is 0 Å². The van der Waals surface area contributed by atoms with Gasteiger partial charge in [-0.3, -0.25) is 4.79 Å². The summed E-state index contributed by atoms with van der Waals surface area (Å²) in [6.45, 7) is 4.56. The van der Waals surface area contributed by atoms with E-state index in [1.807, 2.05) is 6.92 Å². The first-order valence-corrected chi connectivity index (χ1v) is 8.93. The number of carbonyl (C=O) groups is 1. The Morgan fingerprint density at radius 1 is 0.773 bits per heavy atom. The Labute approximate surface area is 137 Å². The van der Waals surface area contributed by atoms with Crippen LogP contribution >= 0.6 is 0 Å². The van der Waals surface area contributed by atoms with Crippen LogP contribution in [0.1, 0.15) is 78.1 Å². The van der Waals surface area contributed by atoms with Gasteiger partial charge in [-0.05, 0) is 51.9 Å². The van der Waals surface area contributed by atoms with Gasteiger partial charge in [0.2, 0.25) is 0 Å². The van der Waals surface area contributed by atoms with Crippen molar-refractivity contribution in [3.63, 3.8) is 0 Å². The Balaban J connectivity index is 3.34. The molecule has 0 bridgehead atoms. The van der Waals surface area contributed by atoms with Gasteiger partial charge in [0, 0.05) is 6.42 Å². The van der Waals surface area contributed by atoms with Gasteiger partial charge in [0.15, 0.2) is 0 Å². The summed E-state index contributed by atoms with van der Waals surface area (Å²) in [5.74, 6) is -0.0798. The number of hydrogen-bond acceptors (Lipinski definition) is 2. The van der Waals surface area contributed by atoms with Crippen LogP contribution in [0.2, 0.25) is 0 Å². The molecule has 2 heteroatoms. The molecule has 0 aliphatic carbocycles. The highest BCUT2D eigenvalue weighted by atomic mass is 16.5. The standard InChI is InChI=1S/C20H34O2/c1-3-5-6-7-8-9-10-11-12-13-14-15-16-17-18-19-20(21)22-4-2/h8-11,15-16H,3-7,12-14,17-19H2,1-2H3. The number of hydrogen-bond donors (Lipinski definition) is 0. The fourth-order valence-corrected chi connectivity index (χ4v) is 2.05. The highest BCUT2D eigenvalue weighted by molar-refractivity contribution is 5.69. The molecule has 0 N–H and O–H groups in total. The molecule has 0 aromatic rings. The van der Waals surface area contributed by atoms with E-state index in [1.165, 1.54) is 32.1 Å². The number of unbranched alkanes of at least 4 members (excludes halogenated alkanes) is 6. The van der Waals surface area contributed by atoms with E-state index in [0.29, 0.717) is 13.0 Å². The van der Waals surface area contributed by atoms with E-state index in [2.05, 4.69) is 43.4 Å². The molecule has 0 fully saturated rings. The fraction of sp³-hybridized carbons (Fsp3) is 0.650. The molecule has 0 rings (SSSR count). The zero-order valence-electron chi connectivity index (χ0n) is 14.6. The van der Waals surface area contributed by atoms with Crippen LogP contribution in [0.5, 0.6) is 0 Å². The van der Waals surface area contributed by atoms with Crippen LogP contribution in [0.3, 0.4) is 0 Å². The molecule has 0 radical (unpaired) electrons. The molecule has 0 aromatic carbocycles. The minimum atomic E-state index is -0.0798. The number of rotatable bonds is 14. The third-order valence-electron chi connectivity index (χ3n) is 3.32. The quantitative estimate of drug-likeness (QED) is 0.167. The molecule has 0 amide bonds. The zero-order valence-corrected chi connectivity index (χ0v) is 14.6. The average Bonchev–Trinajstić information content (AvgIpc) is 2.51. The van der Waals surface area contributed by atoms with Crippen LogP contribution < -0.4 is 0 Å². The summed E-state index contributed by atoms with van der Waals surface area (Å²) in [6, 6.07) is 0. The van der Waals surface area contributed by atoms with Gasteiger partial charge >= 0.3 is 5.97 Å². The highest BCUT2D eigenvalue weighted by Crippen LogP contribution is 2.03. The van der Waals surface area contributed by atoms with Crippen molar-refractivity contribution in [2.75, 3.05) is 6.61 Å². The SMILES string of the molecule is CCCCCC=CC=CCCCC=CCCCC(=O)OCC. The molecule has 0 heterocycles. The summed E-state index contributed by atoms with van der Waals surface area (Å²) < 4.78 is 4.88. The molecule has 0 aromatic heterocycles. The second kappa shape index (κ2) is 17.7. The predicted octanol–water partition coefficient (Wildman–Crippen LogP) is 6.14. The normalized spacial score (nSPS) is 11.9. The maximum absolute atomic E-state index is 11.1. The maximum atomic E-state index is 11.1. The molecule has 0 unspecified atom stereocenters. The molecule has 22 heavy (non-hydrogen) atoms. The minimum absolute atomic E-state index is 0.0798. The Morgan fingerprint density at radius 2 is 1.36 bits per heavy atom. The number of esters is 1. The van der Waals surface area contributed by atoms with Gasteiger partial charge in [0.25, 0.3) is 0 Å². The Hall–Kier alpha value is -1.31. The summed E-state index contributed by atoms with van der Waals surface area (Å²) in [4.78, 5) is 11.1. The molecule has 0 saturated heterocycles. The molecule has 2 nitrogen and oxygen atoms in total. The summed E-state index contributed by atoms with van der Waals surface area (Å²) in [7, 11) is 0. The first kappa shape index (κ1) is 20.7. The zero-order chi connectivity index (χ0) is 16.3. The molecule has 0 spiro atoms. The van der Waals surface area contributed by atoms with Crippen molar-refractivity contribution in [2.24, 2.45) is 0 Å². The molecule has 126 valence electrons. The Morgan fingerprint density at radius 3 is 2.00 bits per heavy atom. The van der Waals surface area contributed by atoms with E-state index in [1.54, 1.807) is 0 Å². The van der Waals surface area contributed by atoms with Crippen LogP contribution in [0, 0.1) is 0 Å². The molecule has 0 atom stereocenters. The van der Waals surface area contributed by atoms with Crippen molar-refractivity contribution in [2.45, 2.75) is 78.1 Å². The highest BCUT2D eigenvalue weighted by Gasteiger charge is 1.98. The van der Waals surface area contributed by atoms with Crippen molar-refractivity contribution in [3.05, 3.63) is 36.5 Å². The lowest BCUT2D eigenvalue weighted by Gasteiger charge is -1.99. The third-order valence-corrected chi connectivity index (χ3v) is 3.32. The number of carbonyl (C=O) groups excluding carboxylic acids is 1. The van der Waals surface area contributed by atoms with Crippen molar-refractivity contribution in [1.29, 1.82) is 0 Å². The maximum Gasteiger partial charge on any atom is 0.305 e. The van der Waals surface area contributed by atoms with E-state index in [-0.39, 0.29) is 5.97 Å². The molecule has 0 aliphatic heterocycles. The minimum Gasteiger partial charge on any atom is -0.466 e. The van der Waals surface area contributed by atoms with Gasteiger partial charge in [-0.25, -0.2) is 0 Å². The van der Waals surface area contributed by atoms with E-state index < -0.39 is 0 Å². The predicted molar refractivity (Wildman–Crippen MR) is 95.9 cm³/mol. The molecule has 0 saturated carbocycles. The van der Waals surface area contributed by atoms with Crippen LogP contribution in [0.15, 0.2) is 36.5 Å². The topological polar surface area (TPSA) is 26.3 Å². The lowest BCUT2D eigenvalue weighted by Crippen LogP contribution is -2.02. The number of allylic oxidation sites excluding steroid dienone is 6. The monoisotopic (exact) mass is 306 g/mol. The summed E-state index contributed by atoms with van der Waals surface area (Å²) >= 11 is 0. The molecule has 0 aliphatic rings. The van der Waals surface area contributed by atoms with E-state index in [9.17, 15) is 4.79 Å². The van der Waals surface area contributed by atoms with Gasteiger partial charge in [-0.2, -0.15) is 0 Å². The van der Waals surface area contributed by atoms with Gasteiger partial charge < -0.3 is 4.74 Å². The third kappa shape index (κ3) is 16.7. The van der Waals surface area contributed by atoms with Crippen LogP contribution in [-0.2, 0) is 9.53 Å². The van der Waals surface area contributed by atoms with E-state index >= 15 is 0 Å². The van der Waals surface area contributed by atoms with Crippen LogP contribution in [-0.4, -0.2) is 12.6 Å². The first-order chi connectivity index (χ1) is 10.8. The molecular weight excluding hydrogens is 272 g/mol. The van der Waals surface area contributed by atoms with Gasteiger partial charge in [-0.1, -0.05) is 56.2 Å². The smallest absolute Gasteiger partial charge is 0.305 e. The second-order valence-corrected chi connectivity index (χ2v) is 5.45. The second-order valence-electron chi connectivity index (χ2n) is 5.45. The van der Waals surface area contributed by atoms with Crippen molar-refractivity contribution in [1.82, 2.24) is 0 Å². The van der Waals surface area contributed by atoms with Crippen LogP contribution in [0.4, 0.5) is 0 Å². The average molecular weight is 306 g/mol. The van der Waals surface area contributed by atoms with E-state index in [4.69, 9.17) is 4.74 Å². The largest absolute Gasteiger partial charge is 0.466 e. The van der Waals surface area contributed by atoms with Crippen molar-refractivity contribution >= 4 is 5.97 Å². The summed E-state index contributed by atoms with van der Waals surface area (Å²) in [6.07, 6.45) is 24.2. The number of ether oxygens (including phenoxy) is 1. The summed E-state index contributed by atoms with van der Waals surface area (Å²) in [5.41, 5.74) is 0. The van der Waals surface area contributed by atoms with Crippen molar-refractivity contribution < 1.29 is 9.53 Å². The lowest BCUT2D eigenvalue weighted by molar-refractivity contribution is -0.143. The van der Waals surface area contributed by atoms with Gasteiger partial charge in [0.1, 0.15) is 0 Å². The Bertz CT molecular complexity index is 327. The van der Waals surface area contributed by atoms with Crippen LogP contribution in [0.25, 0.3) is 0 Å². The van der Waals surface area contributed by atoms with E-state index in [0.717, 1.165) is 25.7 Å². The summed E-state index contributed by atoms with van der Waals surface area (Å²) in [5, 5.41) is 0. The lowest BCUT2D eigenvalue weighted by atomic mass is 10.1. The Kier molecular flexibility index (Phi) is 16.7. The van der Waals surface area contributed by atoms with Gasteiger partial charge in [-0.15, -0.1) is 0 Å². The fourth-order valence-electron chi connectivity index (χ4n) is 2.05. The molecular formula is C20H34O2. The van der Waals surface area contributed by atoms with Gasteiger partial charge in [0.05, 0.1) is 6.61 Å².